The molecule has 7 nitrogen and oxygen atoms in total. The van der Waals surface area contributed by atoms with E-state index in [4.69, 9.17) is 5.10 Å². The van der Waals surface area contributed by atoms with Crippen molar-refractivity contribution in [2.24, 2.45) is 10.9 Å². The number of hydrogen-bond donors (Lipinski definition) is 1. The number of aromatic nitrogens is 2. The van der Waals surface area contributed by atoms with Crippen molar-refractivity contribution in [2.45, 2.75) is 91.9 Å². The van der Waals surface area contributed by atoms with E-state index in [0.717, 1.165) is 34.8 Å². The third-order valence-electron chi connectivity index (χ3n) is 7.83. The number of likely N-dealkylation sites (N-methyl/N-ethyl adjacent to an activating group) is 1. The van der Waals surface area contributed by atoms with Gasteiger partial charge in [0.2, 0.25) is 6.41 Å². The number of amides is 2. The van der Waals surface area contributed by atoms with Crippen LogP contribution in [0.15, 0.2) is 82.9 Å². The average Bonchev–Trinajstić information content (AvgIpc) is 3.22. The summed E-state index contributed by atoms with van der Waals surface area (Å²) in [6.45, 7) is 19.1. The lowest BCUT2D eigenvalue weighted by atomic mass is 9.80. The number of fused-ring (bicyclic) bond motifs is 1. The quantitative estimate of drug-likeness (QED) is 0.315. The molecule has 3 aliphatic rings. The maximum absolute atomic E-state index is 13.4. The summed E-state index contributed by atoms with van der Waals surface area (Å²) in [5, 5.41) is 9.65. The Labute approximate surface area is 270 Å². The van der Waals surface area contributed by atoms with Crippen LogP contribution in [0.25, 0.3) is 5.69 Å². The second kappa shape index (κ2) is 18.2. The number of aryl methyl sites for hydroxylation is 1. The van der Waals surface area contributed by atoms with Gasteiger partial charge in [-0.2, -0.15) is 5.10 Å². The summed E-state index contributed by atoms with van der Waals surface area (Å²) >= 11 is 1.87. The number of anilines is 1. The average molecular weight is 620 g/mol. The summed E-state index contributed by atoms with van der Waals surface area (Å²) < 4.78 is 2.07. The minimum absolute atomic E-state index is 0. The summed E-state index contributed by atoms with van der Waals surface area (Å²) in [6.07, 6.45) is 16.8. The smallest absolute Gasteiger partial charge is 0.251 e. The first-order valence-electron chi connectivity index (χ1n) is 15.9. The van der Waals surface area contributed by atoms with E-state index < -0.39 is 6.04 Å². The lowest BCUT2D eigenvalue weighted by molar-refractivity contribution is -0.123. The highest BCUT2D eigenvalue weighted by Crippen LogP contribution is 2.44. The number of thioether (sulfide) groups is 1. The molecule has 1 aromatic carbocycles. The molecule has 1 aliphatic carbocycles. The van der Waals surface area contributed by atoms with Crippen LogP contribution >= 0.6 is 11.8 Å². The molecule has 4 atom stereocenters. The van der Waals surface area contributed by atoms with Gasteiger partial charge in [0, 0.05) is 31.9 Å². The van der Waals surface area contributed by atoms with E-state index >= 15 is 0 Å². The molecule has 2 unspecified atom stereocenters. The Morgan fingerprint density at radius 3 is 2.45 bits per heavy atom. The zero-order chi connectivity index (χ0) is 32.7. The molecule has 1 N–H and O–H groups in total. The molecule has 8 heteroatoms. The number of hydrogen-bond acceptors (Lipinski definition) is 5. The summed E-state index contributed by atoms with van der Waals surface area (Å²) in [6, 6.07) is 9.14. The first-order chi connectivity index (χ1) is 21.4. The fraction of sp³-hybridized carbons (Fsp3) is 0.444. The van der Waals surface area contributed by atoms with Gasteiger partial charge in [0.05, 0.1) is 16.1 Å². The zero-order valence-electron chi connectivity index (χ0n) is 27.9. The van der Waals surface area contributed by atoms with E-state index in [0.29, 0.717) is 18.9 Å². The van der Waals surface area contributed by atoms with Crippen molar-refractivity contribution in [1.29, 1.82) is 0 Å². The molecule has 0 saturated heterocycles. The molecule has 3 heterocycles. The third-order valence-corrected chi connectivity index (χ3v) is 9.11. The Kier molecular flexibility index (Phi) is 15.1. The van der Waals surface area contributed by atoms with Gasteiger partial charge in [0.1, 0.15) is 11.9 Å². The van der Waals surface area contributed by atoms with Gasteiger partial charge in [-0.1, -0.05) is 96.5 Å². The fourth-order valence-electron chi connectivity index (χ4n) is 5.27. The van der Waals surface area contributed by atoms with Crippen molar-refractivity contribution in [1.82, 2.24) is 15.1 Å². The molecule has 0 fully saturated rings. The molecule has 0 spiro atoms. The summed E-state index contributed by atoms with van der Waals surface area (Å²) in [7, 11) is 0. The van der Waals surface area contributed by atoms with Crippen LogP contribution in [0.5, 0.6) is 0 Å². The Morgan fingerprint density at radius 2 is 1.86 bits per heavy atom. The Balaban J connectivity index is 0.000000533. The van der Waals surface area contributed by atoms with Crippen molar-refractivity contribution in [3.8, 4) is 5.69 Å². The second-order valence-electron chi connectivity index (χ2n) is 10.3. The van der Waals surface area contributed by atoms with Gasteiger partial charge < -0.3 is 5.32 Å². The summed E-state index contributed by atoms with van der Waals surface area (Å²) in [4.78, 5) is 30.7. The highest BCUT2D eigenvalue weighted by molar-refractivity contribution is 8.04. The van der Waals surface area contributed by atoms with E-state index in [-0.39, 0.29) is 18.0 Å². The normalized spacial score (nSPS) is 22.1. The van der Waals surface area contributed by atoms with Crippen LogP contribution in [0.4, 0.5) is 5.82 Å². The van der Waals surface area contributed by atoms with Gasteiger partial charge in [-0.05, 0) is 56.2 Å². The van der Waals surface area contributed by atoms with Crippen molar-refractivity contribution >= 4 is 36.1 Å². The van der Waals surface area contributed by atoms with E-state index in [1.54, 1.807) is 4.90 Å². The monoisotopic (exact) mass is 619 g/mol. The standard InChI is InChI=1S/C23H24N4O2.C9H15NS.2C2H6.H2/c1-3-26-22-19(16(2)25-27(22)18-13-9-6-10-14-18)20(21(23(26)29)24-15-28)17-11-7-4-5-8-12-17;1-4-8(2)9(3)7-10-5-6-11-9;2*1-2;/h4,6-15,20-21H,3,5H2,1-2H3,(H,24,28);5-8H,4H2,1-3H3;2*1-2H3;1H/t20-,21+;;;;/m0..../s1. The molecule has 44 heavy (non-hydrogen) atoms. The van der Waals surface area contributed by atoms with Crippen molar-refractivity contribution in [3.63, 3.8) is 0 Å². The molecular formula is C36H53N5O2S. The Morgan fingerprint density at radius 1 is 1.16 bits per heavy atom. The van der Waals surface area contributed by atoms with Gasteiger partial charge in [-0.3, -0.25) is 19.5 Å². The van der Waals surface area contributed by atoms with E-state index in [1.165, 1.54) is 6.42 Å². The number of para-hydroxylation sites is 1. The third kappa shape index (κ3) is 8.29. The number of carbonyl (C=O) groups excluding carboxylic acids is 2. The number of nitrogens with one attached hydrogen (secondary N) is 1. The van der Waals surface area contributed by atoms with Gasteiger partial charge in [0.15, 0.2) is 0 Å². The lowest BCUT2D eigenvalue weighted by Gasteiger charge is -2.38. The van der Waals surface area contributed by atoms with Gasteiger partial charge in [-0.25, -0.2) is 4.68 Å². The van der Waals surface area contributed by atoms with Crippen LogP contribution in [0.3, 0.4) is 0 Å². The van der Waals surface area contributed by atoms with Gasteiger partial charge in [0.25, 0.3) is 5.91 Å². The van der Waals surface area contributed by atoms with E-state index in [9.17, 15) is 9.59 Å². The van der Waals surface area contributed by atoms with Crippen LogP contribution in [-0.4, -0.2) is 45.6 Å². The van der Waals surface area contributed by atoms with E-state index in [1.807, 2.05) is 113 Å². The van der Waals surface area contributed by atoms with Crippen LogP contribution in [-0.2, 0) is 9.59 Å². The molecule has 5 rings (SSSR count). The van der Waals surface area contributed by atoms with Crippen molar-refractivity contribution < 1.29 is 11.0 Å². The molecule has 240 valence electrons. The summed E-state index contributed by atoms with van der Waals surface area (Å²) in [5.41, 5.74) is 3.70. The Bertz CT molecular complexity index is 1360. The predicted octanol–water partition coefficient (Wildman–Crippen LogP) is 8.57. The zero-order valence-corrected chi connectivity index (χ0v) is 28.8. The molecular weight excluding hydrogens is 566 g/mol. The molecule has 2 aromatic rings. The number of rotatable bonds is 7. The van der Waals surface area contributed by atoms with Crippen LogP contribution in [0.2, 0.25) is 0 Å². The van der Waals surface area contributed by atoms with Gasteiger partial charge >= 0.3 is 0 Å². The second-order valence-corrected chi connectivity index (χ2v) is 11.7. The topological polar surface area (TPSA) is 79.6 Å². The highest BCUT2D eigenvalue weighted by Gasteiger charge is 2.45. The minimum atomic E-state index is -0.672. The minimum Gasteiger partial charge on any atom is -0.346 e. The molecule has 1 aromatic heterocycles. The Hall–Kier alpha value is -3.65. The molecule has 2 aliphatic heterocycles. The molecule has 0 radical (unpaired) electrons. The molecule has 2 amide bonds. The van der Waals surface area contributed by atoms with Gasteiger partial charge in [-0.15, -0.1) is 11.8 Å². The number of carbonyl (C=O) groups is 2. The van der Waals surface area contributed by atoms with Crippen molar-refractivity contribution in [2.75, 3.05) is 11.4 Å². The van der Waals surface area contributed by atoms with Crippen LogP contribution in [0, 0.1) is 12.8 Å². The number of aliphatic imine (C=N–C) groups is 1. The highest BCUT2D eigenvalue weighted by atomic mass is 32.2. The maximum Gasteiger partial charge on any atom is 0.251 e. The lowest BCUT2D eigenvalue weighted by Crippen LogP contribution is -2.53. The maximum atomic E-state index is 13.4. The van der Waals surface area contributed by atoms with Crippen LogP contribution < -0.4 is 10.2 Å². The number of benzene rings is 1. The van der Waals surface area contributed by atoms with Crippen molar-refractivity contribution in [3.05, 3.63) is 89.2 Å². The number of allylic oxidation sites excluding steroid dienone is 5. The first-order valence-corrected chi connectivity index (χ1v) is 16.8. The molecule has 0 bridgehead atoms. The predicted molar refractivity (Wildman–Crippen MR) is 191 cm³/mol. The number of nitrogens with zero attached hydrogens (tertiary/aromatic N) is 4. The SMILES string of the molecule is CC.CC.CCC(C)C1(C)C=NC=CS1.CCN1C(=O)[C@H](NC=O)[C@@H](C2=CC=CCC=C2)c2c(C)nn(-c3ccccc3)c21.[HH]. The fourth-order valence-corrected chi connectivity index (χ4v) is 6.22. The first kappa shape index (κ1) is 36.5. The largest absolute Gasteiger partial charge is 0.346 e. The molecule has 0 saturated carbocycles. The van der Waals surface area contributed by atoms with E-state index in [2.05, 4.69) is 54.9 Å². The summed E-state index contributed by atoms with van der Waals surface area (Å²) in [5.74, 6) is 1.04. The van der Waals surface area contributed by atoms with Crippen LogP contribution in [0.1, 0.15) is 86.8 Å².